The normalized spacial score (nSPS) is 12.3. The zero-order valence-corrected chi connectivity index (χ0v) is 14.3. The Morgan fingerprint density at radius 3 is 2.58 bits per heavy atom. The molecule has 0 aliphatic carbocycles. The summed E-state index contributed by atoms with van der Waals surface area (Å²) in [6.07, 6.45) is 1.63. The van der Waals surface area contributed by atoms with E-state index in [1.165, 1.54) is 7.11 Å². The highest BCUT2D eigenvalue weighted by Crippen LogP contribution is 2.33. The van der Waals surface area contributed by atoms with E-state index in [9.17, 15) is 9.42 Å². The maximum atomic E-state index is 12.7. The predicted octanol–water partition coefficient (Wildman–Crippen LogP) is 2.30. The number of aryl methyl sites for hydroxylation is 1. The van der Waals surface area contributed by atoms with Gasteiger partial charge in [-0.1, -0.05) is 12.1 Å². The summed E-state index contributed by atoms with van der Waals surface area (Å²) in [5.74, 6) is 1.03. The van der Waals surface area contributed by atoms with Crippen LogP contribution < -0.4 is 9.47 Å². The van der Waals surface area contributed by atoms with E-state index >= 15 is 0 Å². The number of imidazole rings is 1. The van der Waals surface area contributed by atoms with Gasteiger partial charge in [0.1, 0.15) is 5.52 Å². The largest absolute Gasteiger partial charge is 0.492 e. The standard InChI is InChI=1S/C16H17N3O4S/c1-10-8-17-12(15(23-3)14(10)22-2)9-24(21)16-18-11-6-4-5-7-13(11)19(16)20/h4-8,20H,9H2,1-3H3. The van der Waals surface area contributed by atoms with Gasteiger partial charge >= 0.3 is 0 Å². The topological polar surface area (TPSA) is 86.5 Å². The molecule has 7 nitrogen and oxygen atoms in total. The Morgan fingerprint density at radius 1 is 1.21 bits per heavy atom. The highest BCUT2D eigenvalue weighted by Gasteiger charge is 2.21. The third-order valence-electron chi connectivity index (χ3n) is 3.63. The quantitative estimate of drug-likeness (QED) is 0.713. The lowest BCUT2D eigenvalue weighted by Gasteiger charge is -2.13. The van der Waals surface area contributed by atoms with E-state index in [0.717, 1.165) is 10.3 Å². The fourth-order valence-corrected chi connectivity index (χ4v) is 3.57. The molecule has 1 aromatic carbocycles. The second-order valence-electron chi connectivity index (χ2n) is 5.14. The molecule has 3 rings (SSSR count). The van der Waals surface area contributed by atoms with Gasteiger partial charge in [0.2, 0.25) is 5.16 Å². The molecular formula is C16H17N3O4S. The Balaban J connectivity index is 1.99. The van der Waals surface area contributed by atoms with Crippen LogP contribution in [0.1, 0.15) is 11.3 Å². The first-order valence-electron chi connectivity index (χ1n) is 7.18. The summed E-state index contributed by atoms with van der Waals surface area (Å²) in [5, 5.41) is 10.3. The monoisotopic (exact) mass is 347 g/mol. The van der Waals surface area contributed by atoms with E-state index in [4.69, 9.17) is 9.47 Å². The van der Waals surface area contributed by atoms with Crippen molar-refractivity contribution in [1.29, 1.82) is 0 Å². The van der Waals surface area contributed by atoms with Gasteiger partial charge in [-0.15, -0.1) is 0 Å². The molecule has 3 aromatic rings. The van der Waals surface area contributed by atoms with Crippen LogP contribution in [0.15, 0.2) is 35.6 Å². The molecule has 0 amide bonds. The van der Waals surface area contributed by atoms with Crippen LogP contribution in [0.2, 0.25) is 0 Å². The molecule has 0 aliphatic heterocycles. The second-order valence-corrected chi connectivity index (χ2v) is 6.48. The molecule has 1 atom stereocenters. The molecule has 24 heavy (non-hydrogen) atoms. The highest BCUT2D eigenvalue weighted by atomic mass is 32.2. The zero-order valence-electron chi connectivity index (χ0n) is 13.5. The minimum atomic E-state index is -1.60. The molecule has 0 aliphatic rings. The Morgan fingerprint density at radius 2 is 1.92 bits per heavy atom. The lowest BCUT2D eigenvalue weighted by molar-refractivity contribution is 0.171. The van der Waals surface area contributed by atoms with Gasteiger partial charge in [0.05, 0.1) is 42.0 Å². The molecule has 0 bridgehead atoms. The average Bonchev–Trinajstić information content (AvgIpc) is 2.93. The van der Waals surface area contributed by atoms with Crippen LogP contribution in [0.3, 0.4) is 0 Å². The van der Waals surface area contributed by atoms with Gasteiger partial charge in [-0.3, -0.25) is 9.19 Å². The molecule has 2 aromatic heterocycles. The predicted molar refractivity (Wildman–Crippen MR) is 89.1 cm³/mol. The van der Waals surface area contributed by atoms with Crippen molar-refractivity contribution in [3.63, 3.8) is 0 Å². The first-order valence-corrected chi connectivity index (χ1v) is 8.50. The molecule has 0 saturated heterocycles. The molecule has 0 fully saturated rings. The molecule has 0 radical (unpaired) electrons. The fourth-order valence-electron chi connectivity index (χ4n) is 2.50. The van der Waals surface area contributed by atoms with Gasteiger partial charge in [0.25, 0.3) is 0 Å². The number of pyridine rings is 1. The van der Waals surface area contributed by atoms with Gasteiger partial charge in [-0.25, -0.2) is 4.98 Å². The SMILES string of the molecule is COc1c(C)cnc(CS(=O)c2nc3ccccc3n2O)c1OC. The van der Waals surface area contributed by atoms with E-state index in [0.29, 0.717) is 28.2 Å². The third-order valence-corrected chi connectivity index (χ3v) is 4.83. The zero-order chi connectivity index (χ0) is 17.3. The van der Waals surface area contributed by atoms with Crippen LogP contribution in [0.5, 0.6) is 11.5 Å². The van der Waals surface area contributed by atoms with Gasteiger partial charge in [0, 0.05) is 11.8 Å². The summed E-state index contributed by atoms with van der Waals surface area (Å²) >= 11 is 0. The Kier molecular flexibility index (Phi) is 4.39. The minimum absolute atomic E-state index is 0.0453. The number of rotatable bonds is 5. The van der Waals surface area contributed by atoms with Crippen LogP contribution in [0, 0.1) is 6.92 Å². The summed E-state index contributed by atoms with van der Waals surface area (Å²) in [6.45, 7) is 1.85. The van der Waals surface area contributed by atoms with Crippen LogP contribution in [0.25, 0.3) is 11.0 Å². The molecule has 0 spiro atoms. The first-order chi connectivity index (χ1) is 11.6. The maximum absolute atomic E-state index is 12.7. The van der Waals surface area contributed by atoms with Crippen LogP contribution in [-0.2, 0) is 16.6 Å². The van der Waals surface area contributed by atoms with Gasteiger partial charge in [-0.2, -0.15) is 4.73 Å². The van der Waals surface area contributed by atoms with Crippen molar-refractivity contribution in [3.05, 3.63) is 41.7 Å². The molecule has 1 N–H and O–H groups in total. The molecule has 8 heteroatoms. The number of aromatic nitrogens is 3. The molecule has 2 heterocycles. The third kappa shape index (κ3) is 2.69. The Bertz CT molecular complexity index is 923. The number of hydrogen-bond acceptors (Lipinski definition) is 6. The van der Waals surface area contributed by atoms with E-state index in [1.54, 1.807) is 37.6 Å². The van der Waals surface area contributed by atoms with Gasteiger partial charge < -0.3 is 14.7 Å². The molecule has 0 saturated carbocycles. The van der Waals surface area contributed by atoms with Crippen molar-refractivity contribution in [1.82, 2.24) is 14.7 Å². The van der Waals surface area contributed by atoms with Crippen molar-refractivity contribution in [2.75, 3.05) is 14.2 Å². The minimum Gasteiger partial charge on any atom is -0.492 e. The summed E-state index contributed by atoms with van der Waals surface area (Å²) < 4.78 is 24.2. The second kappa shape index (κ2) is 6.48. The summed E-state index contributed by atoms with van der Waals surface area (Å²) in [5.41, 5.74) is 2.37. The smallest absolute Gasteiger partial charge is 0.234 e. The maximum Gasteiger partial charge on any atom is 0.234 e. The van der Waals surface area contributed by atoms with Crippen molar-refractivity contribution in [3.8, 4) is 11.5 Å². The lowest BCUT2D eigenvalue weighted by atomic mass is 10.2. The number of fused-ring (bicyclic) bond motifs is 1. The van der Waals surface area contributed by atoms with E-state index < -0.39 is 10.8 Å². The fraction of sp³-hybridized carbons (Fsp3) is 0.250. The number of ether oxygens (including phenoxy) is 2. The molecule has 1 unspecified atom stereocenters. The van der Waals surface area contributed by atoms with E-state index in [-0.39, 0.29) is 10.9 Å². The van der Waals surface area contributed by atoms with Gasteiger partial charge in [-0.05, 0) is 19.1 Å². The van der Waals surface area contributed by atoms with Crippen LogP contribution >= 0.6 is 0 Å². The van der Waals surface area contributed by atoms with E-state index in [1.807, 2.05) is 6.92 Å². The number of para-hydroxylation sites is 2. The van der Waals surface area contributed by atoms with Crippen LogP contribution in [0.4, 0.5) is 0 Å². The number of methoxy groups -OCH3 is 2. The molecular weight excluding hydrogens is 330 g/mol. The van der Waals surface area contributed by atoms with Crippen molar-refractivity contribution >= 4 is 21.8 Å². The Labute approximate surface area is 141 Å². The average molecular weight is 347 g/mol. The summed E-state index contributed by atoms with van der Waals surface area (Å²) in [6, 6.07) is 7.03. The Hall–Kier alpha value is -2.61. The van der Waals surface area contributed by atoms with Crippen LogP contribution in [-0.4, -0.2) is 38.3 Å². The number of hydrogen-bond donors (Lipinski definition) is 1. The molecule has 126 valence electrons. The number of benzene rings is 1. The van der Waals surface area contributed by atoms with E-state index in [2.05, 4.69) is 9.97 Å². The van der Waals surface area contributed by atoms with Crippen molar-refractivity contribution in [2.24, 2.45) is 0 Å². The van der Waals surface area contributed by atoms with Gasteiger partial charge in [0.15, 0.2) is 11.5 Å². The number of nitrogens with zero attached hydrogens (tertiary/aromatic N) is 3. The summed E-state index contributed by atoms with van der Waals surface area (Å²) in [7, 11) is 1.44. The van der Waals surface area contributed by atoms with Crippen molar-refractivity contribution < 1.29 is 18.9 Å². The lowest BCUT2D eigenvalue weighted by Crippen LogP contribution is -2.08. The van der Waals surface area contributed by atoms with Crippen molar-refractivity contribution in [2.45, 2.75) is 17.8 Å². The first kappa shape index (κ1) is 16.3. The summed E-state index contributed by atoms with van der Waals surface area (Å²) in [4.78, 5) is 8.53. The highest BCUT2D eigenvalue weighted by molar-refractivity contribution is 7.84.